The smallest absolute Gasteiger partial charge is 0.251 e. The number of nitrogens with one attached hydrogen (secondary N) is 2. The van der Waals surface area contributed by atoms with E-state index >= 15 is 0 Å². The van der Waals surface area contributed by atoms with Crippen molar-refractivity contribution in [2.24, 2.45) is 5.73 Å². The van der Waals surface area contributed by atoms with Crippen molar-refractivity contribution in [1.82, 2.24) is 5.32 Å². The van der Waals surface area contributed by atoms with Gasteiger partial charge in [-0.15, -0.1) is 11.3 Å². The average Bonchev–Trinajstić information content (AvgIpc) is 3.20. The maximum absolute atomic E-state index is 12.2. The van der Waals surface area contributed by atoms with Crippen LogP contribution in [-0.2, 0) is 9.59 Å². The lowest BCUT2D eigenvalue weighted by atomic mass is 10.2. The molecule has 8 heteroatoms. The van der Waals surface area contributed by atoms with Gasteiger partial charge in [0.2, 0.25) is 11.8 Å². The number of carbonyl (C=O) groups excluding carboxylic acids is 3. The number of amides is 3. The largest absolute Gasteiger partial charge is 0.368 e. The Kier molecular flexibility index (Phi) is 7.00. The van der Waals surface area contributed by atoms with Crippen LogP contribution >= 0.6 is 22.9 Å². The van der Waals surface area contributed by atoms with Gasteiger partial charge in [0.05, 0.1) is 6.54 Å². The number of hydrogen-bond acceptors (Lipinski definition) is 4. The van der Waals surface area contributed by atoms with Crippen LogP contribution in [0, 0.1) is 0 Å². The summed E-state index contributed by atoms with van der Waals surface area (Å²) < 4.78 is 0. The van der Waals surface area contributed by atoms with E-state index in [1.54, 1.807) is 41.7 Å². The minimum Gasteiger partial charge on any atom is -0.368 e. The van der Waals surface area contributed by atoms with Gasteiger partial charge in [-0.2, -0.15) is 0 Å². The molecule has 4 N–H and O–H groups in total. The SMILES string of the molecule is NC(=O)CNC(=O)c1ccc(NC(=O)/C=C\c2ccc(-c3ccc(Cl)cc3)s2)cc1. The summed E-state index contributed by atoms with van der Waals surface area (Å²) >= 11 is 7.48. The minimum atomic E-state index is -0.620. The fourth-order valence-corrected chi connectivity index (χ4v) is 3.57. The molecule has 0 saturated carbocycles. The Balaban J connectivity index is 1.56. The number of halogens is 1. The molecule has 152 valence electrons. The fourth-order valence-electron chi connectivity index (χ4n) is 2.53. The fraction of sp³-hybridized carbons (Fsp3) is 0.0455. The molecule has 1 aromatic heterocycles. The molecule has 3 amide bonds. The molecule has 6 nitrogen and oxygen atoms in total. The van der Waals surface area contributed by atoms with Crippen molar-refractivity contribution in [3.8, 4) is 10.4 Å². The van der Waals surface area contributed by atoms with E-state index in [1.807, 2.05) is 36.4 Å². The van der Waals surface area contributed by atoms with Crippen LogP contribution in [0.1, 0.15) is 15.2 Å². The number of nitrogens with two attached hydrogens (primary N) is 1. The van der Waals surface area contributed by atoms with Gasteiger partial charge in [-0.05, 0) is 60.2 Å². The zero-order chi connectivity index (χ0) is 21.5. The zero-order valence-corrected chi connectivity index (χ0v) is 17.3. The first kappa shape index (κ1) is 21.3. The molecule has 2 aromatic carbocycles. The van der Waals surface area contributed by atoms with Crippen molar-refractivity contribution in [3.63, 3.8) is 0 Å². The third kappa shape index (κ3) is 6.04. The van der Waals surface area contributed by atoms with Gasteiger partial charge in [0.1, 0.15) is 0 Å². The molecule has 0 aliphatic heterocycles. The molecule has 3 rings (SSSR count). The zero-order valence-electron chi connectivity index (χ0n) is 15.7. The Morgan fingerprint density at radius 2 is 1.67 bits per heavy atom. The predicted molar refractivity (Wildman–Crippen MR) is 120 cm³/mol. The molecule has 0 atom stereocenters. The van der Waals surface area contributed by atoms with Crippen molar-refractivity contribution < 1.29 is 14.4 Å². The first-order valence-corrected chi connectivity index (χ1v) is 10.1. The number of hydrogen-bond donors (Lipinski definition) is 3. The Morgan fingerprint density at radius 3 is 2.33 bits per heavy atom. The number of benzene rings is 2. The maximum Gasteiger partial charge on any atom is 0.251 e. The molecule has 0 fully saturated rings. The van der Waals surface area contributed by atoms with E-state index in [2.05, 4.69) is 10.6 Å². The summed E-state index contributed by atoms with van der Waals surface area (Å²) in [6.07, 6.45) is 3.19. The highest BCUT2D eigenvalue weighted by Crippen LogP contribution is 2.29. The number of carbonyl (C=O) groups is 3. The molecule has 1 heterocycles. The summed E-state index contributed by atoms with van der Waals surface area (Å²) in [7, 11) is 0. The molecule has 0 bridgehead atoms. The number of anilines is 1. The van der Waals surface area contributed by atoms with Gasteiger partial charge in [-0.1, -0.05) is 23.7 Å². The first-order chi connectivity index (χ1) is 14.4. The Hall–Kier alpha value is -3.42. The van der Waals surface area contributed by atoms with E-state index in [1.165, 1.54) is 6.08 Å². The van der Waals surface area contributed by atoms with Gasteiger partial charge in [0.15, 0.2) is 0 Å². The second kappa shape index (κ2) is 9.87. The molecular formula is C22H18ClN3O3S. The summed E-state index contributed by atoms with van der Waals surface area (Å²) in [6, 6.07) is 17.8. The van der Waals surface area contributed by atoms with Crippen molar-refractivity contribution in [1.29, 1.82) is 0 Å². The van der Waals surface area contributed by atoms with Gasteiger partial charge in [0.25, 0.3) is 5.91 Å². The summed E-state index contributed by atoms with van der Waals surface area (Å²) in [4.78, 5) is 36.7. The average molecular weight is 440 g/mol. The summed E-state index contributed by atoms with van der Waals surface area (Å²) in [5, 5.41) is 5.81. The molecule has 0 saturated heterocycles. The summed E-state index contributed by atoms with van der Waals surface area (Å²) in [5.41, 5.74) is 6.96. The second-order valence-electron chi connectivity index (χ2n) is 6.26. The van der Waals surface area contributed by atoms with Gasteiger partial charge in [0, 0.05) is 32.1 Å². The third-order valence-corrected chi connectivity index (χ3v) is 5.34. The number of primary amides is 1. The van der Waals surface area contributed by atoms with Crippen LogP contribution in [0.25, 0.3) is 16.5 Å². The second-order valence-corrected chi connectivity index (χ2v) is 7.81. The molecule has 0 radical (unpaired) electrons. The van der Waals surface area contributed by atoms with E-state index in [4.69, 9.17) is 17.3 Å². The Bertz CT molecular complexity index is 1090. The molecule has 3 aromatic rings. The molecule has 0 aliphatic carbocycles. The predicted octanol–water partition coefficient (Wildman–Crippen LogP) is 3.94. The summed E-state index contributed by atoms with van der Waals surface area (Å²) in [5.74, 6) is -1.33. The van der Waals surface area contributed by atoms with Crippen LogP contribution in [0.4, 0.5) is 5.69 Å². The topological polar surface area (TPSA) is 101 Å². The van der Waals surface area contributed by atoms with Crippen LogP contribution in [-0.4, -0.2) is 24.3 Å². The van der Waals surface area contributed by atoms with Crippen LogP contribution in [0.2, 0.25) is 5.02 Å². The van der Waals surface area contributed by atoms with E-state index in [0.717, 1.165) is 15.3 Å². The number of thiophene rings is 1. The molecule has 30 heavy (non-hydrogen) atoms. The van der Waals surface area contributed by atoms with Crippen LogP contribution < -0.4 is 16.4 Å². The van der Waals surface area contributed by atoms with Crippen LogP contribution in [0.3, 0.4) is 0 Å². The standard InChI is InChI=1S/C22H18ClN3O3S/c23-16-5-1-14(2-6-16)19-11-9-18(30-19)10-12-21(28)26-17-7-3-15(4-8-17)22(29)25-13-20(24)27/h1-12H,13H2,(H2,24,27)(H,25,29)(H,26,28)/b12-10-. The van der Waals surface area contributed by atoms with Crippen LogP contribution in [0.5, 0.6) is 0 Å². The van der Waals surface area contributed by atoms with Crippen molar-refractivity contribution in [2.45, 2.75) is 0 Å². The lowest BCUT2D eigenvalue weighted by molar-refractivity contribution is -0.117. The highest BCUT2D eigenvalue weighted by molar-refractivity contribution is 7.16. The van der Waals surface area contributed by atoms with Crippen molar-refractivity contribution >= 4 is 52.4 Å². The van der Waals surface area contributed by atoms with Gasteiger partial charge >= 0.3 is 0 Å². The summed E-state index contributed by atoms with van der Waals surface area (Å²) in [6.45, 7) is -0.232. The van der Waals surface area contributed by atoms with E-state index in [9.17, 15) is 14.4 Å². The Labute approximate surface area is 182 Å². The van der Waals surface area contributed by atoms with E-state index < -0.39 is 11.8 Å². The molecular weight excluding hydrogens is 422 g/mol. The van der Waals surface area contributed by atoms with E-state index in [-0.39, 0.29) is 12.5 Å². The molecule has 0 spiro atoms. The van der Waals surface area contributed by atoms with Gasteiger partial charge < -0.3 is 16.4 Å². The Morgan fingerprint density at radius 1 is 0.967 bits per heavy atom. The van der Waals surface area contributed by atoms with Crippen molar-refractivity contribution in [3.05, 3.63) is 82.2 Å². The molecule has 0 unspecified atom stereocenters. The minimum absolute atomic E-state index is 0.232. The quantitative estimate of drug-likeness (QED) is 0.486. The number of rotatable bonds is 7. The van der Waals surface area contributed by atoms with Crippen LogP contribution in [0.15, 0.2) is 66.7 Å². The molecule has 0 aliphatic rings. The monoisotopic (exact) mass is 439 g/mol. The van der Waals surface area contributed by atoms with Gasteiger partial charge in [-0.25, -0.2) is 0 Å². The lowest BCUT2D eigenvalue weighted by Crippen LogP contribution is -2.33. The highest BCUT2D eigenvalue weighted by atomic mass is 35.5. The third-order valence-electron chi connectivity index (χ3n) is 3.99. The van der Waals surface area contributed by atoms with Gasteiger partial charge in [-0.3, -0.25) is 14.4 Å². The van der Waals surface area contributed by atoms with E-state index in [0.29, 0.717) is 16.3 Å². The first-order valence-electron chi connectivity index (χ1n) is 8.92. The lowest BCUT2D eigenvalue weighted by Gasteiger charge is -2.05. The normalized spacial score (nSPS) is 10.7. The maximum atomic E-state index is 12.2. The van der Waals surface area contributed by atoms with Crippen molar-refractivity contribution in [2.75, 3.05) is 11.9 Å². The highest BCUT2D eigenvalue weighted by Gasteiger charge is 2.07.